The standard InChI is InChI=1S/C32H39N3O5S/c1-24-13-10-11-14-26(24)22-34(25(2)32(37)33-27-15-6-4-7-16-27)31(36)23-35(28-17-12-18-29(21-28)40-3)41(38,39)30-19-8-5-9-20-30/h5,8-14,17-21,25,27H,4,6-7,15-16,22-23H2,1-3H3,(H,33,37)/t25-/m0/s1. The normalized spacial score (nSPS) is 14.6. The molecular formula is C32H39N3O5S. The molecule has 0 unspecified atom stereocenters. The van der Waals surface area contributed by atoms with Crippen LogP contribution in [0.2, 0.25) is 0 Å². The average molecular weight is 578 g/mol. The number of aryl methyl sites for hydroxylation is 1. The molecule has 1 saturated carbocycles. The van der Waals surface area contributed by atoms with E-state index in [1.807, 2.05) is 31.2 Å². The third-order valence-corrected chi connectivity index (χ3v) is 9.46. The zero-order chi connectivity index (χ0) is 29.4. The number of rotatable bonds is 11. The fraction of sp³-hybridized carbons (Fsp3) is 0.375. The highest BCUT2D eigenvalue weighted by Gasteiger charge is 2.33. The number of nitrogens with one attached hydrogen (secondary N) is 1. The summed E-state index contributed by atoms with van der Waals surface area (Å²) >= 11 is 0. The van der Waals surface area contributed by atoms with Crippen LogP contribution in [0.1, 0.15) is 50.2 Å². The van der Waals surface area contributed by atoms with Crippen molar-refractivity contribution in [3.05, 3.63) is 90.0 Å². The Kier molecular flexibility index (Phi) is 10.0. The van der Waals surface area contributed by atoms with E-state index in [0.29, 0.717) is 5.75 Å². The third kappa shape index (κ3) is 7.47. The van der Waals surface area contributed by atoms with Crippen LogP contribution in [0.15, 0.2) is 83.8 Å². The number of hydrogen-bond acceptors (Lipinski definition) is 5. The molecule has 3 aromatic rings. The average Bonchev–Trinajstić information content (AvgIpc) is 2.99. The van der Waals surface area contributed by atoms with Crippen molar-refractivity contribution in [2.24, 2.45) is 0 Å². The van der Waals surface area contributed by atoms with Gasteiger partial charge in [-0.3, -0.25) is 13.9 Å². The Balaban J connectivity index is 1.69. The SMILES string of the molecule is COc1cccc(N(CC(=O)N(Cc2ccccc2C)[C@@H](C)C(=O)NC2CCCCC2)S(=O)(=O)c2ccccc2)c1. The molecule has 0 aromatic heterocycles. The Bertz CT molecular complexity index is 1440. The van der Waals surface area contributed by atoms with E-state index in [0.717, 1.165) is 47.5 Å². The number of carbonyl (C=O) groups excluding carboxylic acids is 2. The van der Waals surface area contributed by atoms with Crippen molar-refractivity contribution in [3.8, 4) is 5.75 Å². The number of anilines is 1. The first-order valence-electron chi connectivity index (χ1n) is 14.1. The molecule has 1 N–H and O–H groups in total. The van der Waals surface area contributed by atoms with Gasteiger partial charge in [0.05, 0.1) is 17.7 Å². The van der Waals surface area contributed by atoms with Crippen molar-refractivity contribution >= 4 is 27.5 Å². The Morgan fingerprint density at radius 3 is 2.32 bits per heavy atom. The first-order chi connectivity index (χ1) is 19.7. The lowest BCUT2D eigenvalue weighted by Gasteiger charge is -2.33. The highest BCUT2D eigenvalue weighted by atomic mass is 32.2. The molecule has 218 valence electrons. The number of amides is 2. The van der Waals surface area contributed by atoms with E-state index >= 15 is 0 Å². The lowest BCUT2D eigenvalue weighted by atomic mass is 9.95. The quantitative estimate of drug-likeness (QED) is 0.344. The van der Waals surface area contributed by atoms with Gasteiger partial charge in [-0.15, -0.1) is 0 Å². The summed E-state index contributed by atoms with van der Waals surface area (Å²) in [5.41, 5.74) is 2.15. The lowest BCUT2D eigenvalue weighted by molar-refractivity contribution is -0.139. The van der Waals surface area contributed by atoms with Crippen molar-refractivity contribution in [2.75, 3.05) is 18.0 Å². The fourth-order valence-electron chi connectivity index (χ4n) is 5.14. The first-order valence-corrected chi connectivity index (χ1v) is 15.5. The van der Waals surface area contributed by atoms with Gasteiger partial charge in [0.15, 0.2) is 0 Å². The van der Waals surface area contributed by atoms with E-state index in [1.165, 1.54) is 24.1 Å². The Labute approximate surface area is 243 Å². The van der Waals surface area contributed by atoms with Gasteiger partial charge >= 0.3 is 0 Å². The largest absolute Gasteiger partial charge is 0.497 e. The molecule has 1 aliphatic rings. The third-order valence-electron chi connectivity index (χ3n) is 7.67. The molecule has 0 saturated heterocycles. The molecule has 2 amide bonds. The van der Waals surface area contributed by atoms with Gasteiger partial charge in [0.2, 0.25) is 11.8 Å². The van der Waals surface area contributed by atoms with Crippen LogP contribution in [-0.2, 0) is 26.2 Å². The van der Waals surface area contributed by atoms with Crippen LogP contribution >= 0.6 is 0 Å². The van der Waals surface area contributed by atoms with Crippen LogP contribution in [0.3, 0.4) is 0 Å². The Morgan fingerprint density at radius 2 is 1.63 bits per heavy atom. The van der Waals surface area contributed by atoms with E-state index in [4.69, 9.17) is 4.74 Å². The number of methoxy groups -OCH3 is 1. The predicted octanol–water partition coefficient (Wildman–Crippen LogP) is 5.07. The minimum Gasteiger partial charge on any atom is -0.497 e. The smallest absolute Gasteiger partial charge is 0.264 e. The summed E-state index contributed by atoms with van der Waals surface area (Å²) in [4.78, 5) is 29.1. The number of benzene rings is 3. The molecule has 1 aliphatic carbocycles. The van der Waals surface area contributed by atoms with Gasteiger partial charge in [0, 0.05) is 18.7 Å². The number of nitrogens with zero attached hydrogens (tertiary/aromatic N) is 2. The van der Waals surface area contributed by atoms with Crippen LogP contribution in [0.4, 0.5) is 5.69 Å². The Hall–Kier alpha value is -3.85. The second-order valence-corrected chi connectivity index (χ2v) is 12.4. The zero-order valence-corrected chi connectivity index (χ0v) is 24.8. The second-order valence-electron chi connectivity index (χ2n) is 10.5. The summed E-state index contributed by atoms with van der Waals surface area (Å²) in [5.74, 6) is -0.264. The van der Waals surface area contributed by atoms with Crippen LogP contribution in [0, 0.1) is 6.92 Å². The van der Waals surface area contributed by atoms with Gasteiger partial charge in [-0.2, -0.15) is 0 Å². The molecule has 8 nitrogen and oxygen atoms in total. The highest BCUT2D eigenvalue weighted by Crippen LogP contribution is 2.28. The van der Waals surface area contributed by atoms with Crippen LogP contribution < -0.4 is 14.4 Å². The van der Waals surface area contributed by atoms with Gasteiger partial charge < -0.3 is 15.0 Å². The van der Waals surface area contributed by atoms with Crippen LogP contribution in [0.25, 0.3) is 0 Å². The van der Waals surface area contributed by atoms with Gasteiger partial charge in [0.25, 0.3) is 10.0 Å². The molecule has 3 aromatic carbocycles. The molecular weight excluding hydrogens is 538 g/mol. The van der Waals surface area contributed by atoms with E-state index in [1.54, 1.807) is 49.4 Å². The molecule has 0 heterocycles. The first kappa shape index (κ1) is 30.1. The van der Waals surface area contributed by atoms with E-state index in [2.05, 4.69) is 5.32 Å². The van der Waals surface area contributed by atoms with Crippen molar-refractivity contribution in [1.29, 1.82) is 0 Å². The monoisotopic (exact) mass is 577 g/mol. The lowest BCUT2D eigenvalue weighted by Crippen LogP contribution is -2.53. The summed E-state index contributed by atoms with van der Waals surface area (Å²) in [6.07, 6.45) is 5.14. The summed E-state index contributed by atoms with van der Waals surface area (Å²) in [6, 6.07) is 21.6. The number of sulfonamides is 1. The summed E-state index contributed by atoms with van der Waals surface area (Å²) in [5, 5.41) is 3.13. The minimum absolute atomic E-state index is 0.0594. The fourth-order valence-corrected chi connectivity index (χ4v) is 6.56. The van der Waals surface area contributed by atoms with Gasteiger partial charge in [-0.25, -0.2) is 8.42 Å². The van der Waals surface area contributed by atoms with Crippen LogP contribution in [0.5, 0.6) is 5.75 Å². The maximum Gasteiger partial charge on any atom is 0.264 e. The molecule has 0 radical (unpaired) electrons. The highest BCUT2D eigenvalue weighted by molar-refractivity contribution is 7.92. The maximum atomic E-state index is 14.1. The molecule has 0 aliphatic heterocycles. The number of ether oxygens (including phenoxy) is 1. The summed E-state index contributed by atoms with van der Waals surface area (Å²) < 4.78 is 34.2. The Morgan fingerprint density at radius 1 is 0.951 bits per heavy atom. The maximum absolute atomic E-state index is 14.1. The molecule has 41 heavy (non-hydrogen) atoms. The molecule has 0 spiro atoms. The molecule has 9 heteroatoms. The molecule has 1 fully saturated rings. The second kappa shape index (κ2) is 13.7. The number of carbonyl (C=O) groups is 2. The molecule has 4 rings (SSSR count). The molecule has 0 bridgehead atoms. The minimum atomic E-state index is -4.13. The van der Waals surface area contributed by atoms with Crippen LogP contribution in [-0.4, -0.2) is 50.9 Å². The van der Waals surface area contributed by atoms with Crippen molar-refractivity contribution in [3.63, 3.8) is 0 Å². The van der Waals surface area contributed by atoms with Gasteiger partial charge in [-0.1, -0.05) is 67.8 Å². The predicted molar refractivity (Wildman–Crippen MR) is 160 cm³/mol. The topological polar surface area (TPSA) is 96.0 Å². The van der Waals surface area contributed by atoms with Gasteiger partial charge in [0.1, 0.15) is 18.3 Å². The summed E-state index contributed by atoms with van der Waals surface area (Å²) in [6.45, 7) is 3.34. The van der Waals surface area contributed by atoms with Gasteiger partial charge in [-0.05, 0) is 62.1 Å². The molecule has 1 atom stereocenters. The van der Waals surface area contributed by atoms with Crippen molar-refractivity contribution in [1.82, 2.24) is 10.2 Å². The van der Waals surface area contributed by atoms with E-state index < -0.39 is 28.5 Å². The number of hydrogen-bond donors (Lipinski definition) is 1. The van der Waals surface area contributed by atoms with E-state index in [-0.39, 0.29) is 29.1 Å². The van der Waals surface area contributed by atoms with Crippen molar-refractivity contribution < 1.29 is 22.7 Å². The summed E-state index contributed by atoms with van der Waals surface area (Å²) in [7, 11) is -2.63. The van der Waals surface area contributed by atoms with E-state index in [9.17, 15) is 18.0 Å². The zero-order valence-electron chi connectivity index (χ0n) is 24.0. The van der Waals surface area contributed by atoms with Crippen molar-refractivity contribution in [2.45, 2.75) is 69.5 Å².